The molecule has 0 atom stereocenters. The maximum absolute atomic E-state index is 5.08. The van der Waals surface area contributed by atoms with Crippen LogP contribution in [0.15, 0.2) is 200 Å². The van der Waals surface area contributed by atoms with Crippen molar-refractivity contribution < 1.29 is 0 Å². The van der Waals surface area contributed by atoms with Crippen molar-refractivity contribution in [2.45, 2.75) is 25.7 Å². The van der Waals surface area contributed by atoms with Gasteiger partial charge in [-0.3, -0.25) is 4.98 Å². The van der Waals surface area contributed by atoms with Crippen molar-refractivity contribution >= 4 is 66.4 Å². The Morgan fingerprint density at radius 2 is 0.783 bits per heavy atom. The minimum Gasteiger partial charge on any atom is -0.310 e. The number of rotatable bonds is 4. The lowest BCUT2D eigenvalue weighted by Gasteiger charge is -2.29. The number of aromatic nitrogens is 1. The van der Waals surface area contributed by atoms with Crippen LogP contribution in [0.25, 0.3) is 54.7 Å². The van der Waals surface area contributed by atoms with Crippen LogP contribution in [0.4, 0.5) is 34.1 Å². The molecule has 2 aliphatic rings. The molecule has 0 fully saturated rings. The number of anilines is 6. The van der Waals surface area contributed by atoms with E-state index in [9.17, 15) is 0 Å². The van der Waals surface area contributed by atoms with Gasteiger partial charge in [-0.15, -0.1) is 0 Å². The highest BCUT2D eigenvalue weighted by Gasteiger charge is 2.27. The van der Waals surface area contributed by atoms with E-state index in [4.69, 9.17) is 4.98 Å². The summed E-state index contributed by atoms with van der Waals surface area (Å²) in [6.07, 6.45) is 5.93. The van der Waals surface area contributed by atoms with Gasteiger partial charge in [-0.25, -0.2) is 0 Å². The molecule has 2 aliphatic heterocycles. The van der Waals surface area contributed by atoms with E-state index >= 15 is 0 Å². The fraction of sp³-hybridized carbons (Fsp3) is 0.0702. The van der Waals surface area contributed by atoms with E-state index in [0.717, 1.165) is 48.3 Å². The molecule has 0 aliphatic carbocycles. The van der Waals surface area contributed by atoms with Gasteiger partial charge in [0.15, 0.2) is 0 Å². The molecule has 3 nitrogen and oxygen atoms in total. The number of fused-ring (bicyclic) bond motifs is 7. The van der Waals surface area contributed by atoms with Gasteiger partial charge in [0.2, 0.25) is 0 Å². The lowest BCUT2D eigenvalue weighted by atomic mass is 9.86. The van der Waals surface area contributed by atoms with Crippen molar-refractivity contribution in [3.05, 3.63) is 223 Å². The third-order valence-corrected chi connectivity index (χ3v) is 12.8. The van der Waals surface area contributed by atoms with Crippen LogP contribution < -0.4 is 9.80 Å². The Morgan fingerprint density at radius 3 is 1.30 bits per heavy atom. The Kier molecular flexibility index (Phi) is 8.12. The largest absolute Gasteiger partial charge is 0.310 e. The highest BCUT2D eigenvalue weighted by Crippen LogP contribution is 2.50. The molecule has 0 saturated heterocycles. The van der Waals surface area contributed by atoms with E-state index in [1.807, 2.05) is 12.3 Å². The molecule has 0 bridgehead atoms. The normalized spacial score (nSPS) is 13.3. The van der Waals surface area contributed by atoms with Crippen LogP contribution in [-0.4, -0.2) is 4.98 Å². The fourth-order valence-electron chi connectivity index (χ4n) is 10.0. The number of aryl methyl sites for hydroxylation is 4. The molecule has 284 valence electrons. The Morgan fingerprint density at radius 1 is 0.333 bits per heavy atom. The average Bonchev–Trinajstić information content (AvgIpc) is 3.59. The maximum atomic E-state index is 5.08. The molecule has 10 aromatic rings. The van der Waals surface area contributed by atoms with Gasteiger partial charge in [0, 0.05) is 45.9 Å². The summed E-state index contributed by atoms with van der Waals surface area (Å²) in [7, 11) is 0. The second-order valence-corrected chi connectivity index (χ2v) is 16.2. The second-order valence-electron chi connectivity index (χ2n) is 16.2. The van der Waals surface area contributed by atoms with E-state index in [0.29, 0.717) is 0 Å². The van der Waals surface area contributed by atoms with E-state index in [2.05, 4.69) is 198 Å². The molecular weight excluding hydrogens is 727 g/mol. The van der Waals surface area contributed by atoms with E-state index < -0.39 is 0 Å². The number of nitrogens with zero attached hydrogens (tertiary/aromatic N) is 3. The van der Waals surface area contributed by atoms with E-state index in [-0.39, 0.29) is 0 Å². The molecular formula is C57H41N3. The summed E-state index contributed by atoms with van der Waals surface area (Å²) in [4.78, 5) is 10.1. The average molecular weight is 768 g/mol. The first kappa shape index (κ1) is 34.5. The van der Waals surface area contributed by atoms with Crippen molar-refractivity contribution in [3.8, 4) is 22.4 Å². The summed E-state index contributed by atoms with van der Waals surface area (Å²) in [5, 5.41) is 7.23. The first-order valence-electron chi connectivity index (χ1n) is 21.1. The number of hydrogen-bond acceptors (Lipinski definition) is 3. The highest BCUT2D eigenvalue weighted by molar-refractivity contribution is 6.22. The molecule has 60 heavy (non-hydrogen) atoms. The summed E-state index contributed by atoms with van der Waals surface area (Å²) in [5.74, 6) is 0. The summed E-state index contributed by atoms with van der Waals surface area (Å²) < 4.78 is 0. The molecule has 3 heteroatoms. The smallest absolute Gasteiger partial charge is 0.0714 e. The van der Waals surface area contributed by atoms with Gasteiger partial charge in [0.1, 0.15) is 0 Å². The van der Waals surface area contributed by atoms with E-state index in [1.54, 1.807) is 0 Å². The molecule has 0 radical (unpaired) electrons. The first-order chi connectivity index (χ1) is 29.8. The third kappa shape index (κ3) is 5.61. The summed E-state index contributed by atoms with van der Waals surface area (Å²) in [5.41, 5.74) is 17.2. The minimum atomic E-state index is 0.963. The molecule has 0 unspecified atom stereocenters. The molecule has 1 aromatic heterocycles. The number of hydrogen-bond donors (Lipinski definition) is 0. The SMILES string of the molecule is c1ccc(-c2c3ccc(N4c5ccccc5CCc5ccccc54)cc3c(-c3ccc4ccccc4c3)c3ccc(N4c5ccccc5CCc5ccccc54)cc23)nc1. The molecule has 0 saturated carbocycles. The Bertz CT molecular complexity index is 3200. The van der Waals surface area contributed by atoms with Gasteiger partial charge < -0.3 is 9.80 Å². The van der Waals surface area contributed by atoms with Crippen LogP contribution in [0.5, 0.6) is 0 Å². The second kappa shape index (κ2) is 14.1. The number of para-hydroxylation sites is 4. The quantitative estimate of drug-likeness (QED) is 0.166. The summed E-state index contributed by atoms with van der Waals surface area (Å²) in [6.45, 7) is 0. The molecule has 3 heterocycles. The van der Waals surface area contributed by atoms with Crippen LogP contribution in [0.1, 0.15) is 22.3 Å². The Labute approximate surface area is 350 Å². The van der Waals surface area contributed by atoms with Gasteiger partial charge in [0.25, 0.3) is 0 Å². The number of pyridine rings is 1. The van der Waals surface area contributed by atoms with Crippen LogP contribution >= 0.6 is 0 Å². The molecule has 0 spiro atoms. The van der Waals surface area contributed by atoms with Crippen LogP contribution in [-0.2, 0) is 25.7 Å². The Hall–Kier alpha value is -7.49. The Balaban J connectivity index is 1.19. The van der Waals surface area contributed by atoms with Gasteiger partial charge in [0.05, 0.1) is 5.69 Å². The van der Waals surface area contributed by atoms with Crippen LogP contribution in [0.3, 0.4) is 0 Å². The lowest BCUT2D eigenvalue weighted by Crippen LogP contribution is -2.12. The van der Waals surface area contributed by atoms with Crippen molar-refractivity contribution in [2.24, 2.45) is 0 Å². The fourth-order valence-corrected chi connectivity index (χ4v) is 10.0. The van der Waals surface area contributed by atoms with Crippen LogP contribution in [0, 0.1) is 0 Å². The lowest BCUT2D eigenvalue weighted by molar-refractivity contribution is 0.977. The summed E-state index contributed by atoms with van der Waals surface area (Å²) >= 11 is 0. The maximum Gasteiger partial charge on any atom is 0.0714 e. The van der Waals surface area contributed by atoms with Crippen molar-refractivity contribution in [3.63, 3.8) is 0 Å². The first-order valence-corrected chi connectivity index (χ1v) is 21.1. The standard InChI is InChI=1S/C57H41N3/c1-2-18-43-35-44(29-24-38(43)13-1)56-47-32-30-46(60-54-22-9-5-16-41(54)27-28-42-17-6-10-23-55(42)60)37-50(47)57(51-19-11-12-34-58-51)48-33-31-45(36-49(48)56)59-52-20-7-3-14-39(52)25-26-40-15-4-8-21-53(40)59/h1-24,29-37H,25-28H2. The zero-order valence-electron chi connectivity index (χ0n) is 33.2. The van der Waals surface area contributed by atoms with Gasteiger partial charge in [-0.05, 0) is 158 Å². The van der Waals surface area contributed by atoms with Crippen molar-refractivity contribution in [1.29, 1.82) is 0 Å². The molecule has 12 rings (SSSR count). The topological polar surface area (TPSA) is 19.4 Å². The van der Waals surface area contributed by atoms with E-state index in [1.165, 1.54) is 88.4 Å². The van der Waals surface area contributed by atoms with Crippen molar-refractivity contribution in [2.75, 3.05) is 9.80 Å². The monoisotopic (exact) mass is 767 g/mol. The zero-order chi connectivity index (χ0) is 39.6. The minimum absolute atomic E-state index is 0.963. The van der Waals surface area contributed by atoms with Gasteiger partial charge in [-0.2, -0.15) is 0 Å². The molecule has 0 amide bonds. The predicted octanol–water partition coefficient (Wildman–Crippen LogP) is 15.0. The summed E-state index contributed by atoms with van der Waals surface area (Å²) in [6, 6.07) is 71.9. The number of benzene rings is 9. The van der Waals surface area contributed by atoms with Gasteiger partial charge in [-0.1, -0.05) is 127 Å². The predicted molar refractivity (Wildman–Crippen MR) is 252 cm³/mol. The zero-order valence-corrected chi connectivity index (χ0v) is 33.2. The molecule has 9 aromatic carbocycles. The highest BCUT2D eigenvalue weighted by atomic mass is 15.2. The van der Waals surface area contributed by atoms with Crippen molar-refractivity contribution in [1.82, 2.24) is 4.98 Å². The third-order valence-electron chi connectivity index (χ3n) is 12.8. The van der Waals surface area contributed by atoms with Crippen LogP contribution in [0.2, 0.25) is 0 Å². The molecule has 0 N–H and O–H groups in total. The van der Waals surface area contributed by atoms with Gasteiger partial charge >= 0.3 is 0 Å².